The molecule has 1 unspecified atom stereocenters. The highest BCUT2D eigenvalue weighted by atomic mass is 16.5. The van der Waals surface area contributed by atoms with Crippen molar-refractivity contribution in [1.82, 2.24) is 0 Å². The third-order valence-electron chi connectivity index (χ3n) is 2.82. The smallest absolute Gasteiger partial charge is 0.320 e. The maximum absolute atomic E-state index is 10.6. The minimum Gasteiger partial charge on any atom is -0.493 e. The van der Waals surface area contributed by atoms with Gasteiger partial charge in [0.25, 0.3) is 0 Å². The lowest BCUT2D eigenvalue weighted by molar-refractivity contribution is -0.138. The summed E-state index contributed by atoms with van der Waals surface area (Å²) in [6.07, 6.45) is 2.10. The second-order valence-electron chi connectivity index (χ2n) is 4.02. The summed E-state index contributed by atoms with van der Waals surface area (Å²) in [4.78, 5) is 10.6. The third kappa shape index (κ3) is 2.33. The van der Waals surface area contributed by atoms with Crippen LogP contribution >= 0.6 is 0 Å². The van der Waals surface area contributed by atoms with E-state index < -0.39 is 12.0 Å². The van der Waals surface area contributed by atoms with Gasteiger partial charge in [0.1, 0.15) is 11.8 Å². The van der Waals surface area contributed by atoms with Crippen LogP contribution < -0.4 is 10.5 Å². The molecular formula is C12H15NO3. The molecule has 0 aliphatic carbocycles. The van der Waals surface area contributed by atoms with E-state index >= 15 is 0 Å². The van der Waals surface area contributed by atoms with Crippen LogP contribution in [0.15, 0.2) is 18.2 Å². The molecule has 4 nitrogen and oxygen atoms in total. The fraction of sp³-hybridized carbons (Fsp3) is 0.417. The Labute approximate surface area is 94.0 Å². The van der Waals surface area contributed by atoms with Crippen molar-refractivity contribution in [1.29, 1.82) is 0 Å². The number of rotatable bonds is 4. The molecule has 3 N–H and O–H groups in total. The normalized spacial score (nSPS) is 15.3. The monoisotopic (exact) mass is 221 g/mol. The minimum atomic E-state index is -0.940. The Kier molecular flexibility index (Phi) is 3.10. The number of hydrogen-bond acceptors (Lipinski definition) is 3. The summed E-state index contributed by atoms with van der Waals surface area (Å²) in [6.45, 7) is 0.743. The molecule has 4 heteroatoms. The molecule has 1 atom stereocenters. The fourth-order valence-corrected chi connectivity index (χ4v) is 1.84. The van der Waals surface area contributed by atoms with E-state index in [4.69, 9.17) is 15.6 Å². The molecule has 0 saturated heterocycles. The van der Waals surface area contributed by atoms with E-state index in [0.29, 0.717) is 12.8 Å². The van der Waals surface area contributed by atoms with Gasteiger partial charge < -0.3 is 15.6 Å². The topological polar surface area (TPSA) is 72.5 Å². The van der Waals surface area contributed by atoms with Crippen LogP contribution in [-0.2, 0) is 17.6 Å². The lowest BCUT2D eigenvalue weighted by Crippen LogP contribution is -2.30. The van der Waals surface area contributed by atoms with Gasteiger partial charge in [-0.1, -0.05) is 12.1 Å². The summed E-state index contributed by atoms with van der Waals surface area (Å²) in [7, 11) is 0. The predicted octanol–water partition coefficient (Wildman–Crippen LogP) is 0.966. The standard InChI is InChI=1S/C12H15NO3/c13-10(12(14)15)3-1-8-2-4-11-9(7-8)5-6-16-11/h2,4,7,10H,1,3,5-6,13H2,(H,14,15). The second-order valence-corrected chi connectivity index (χ2v) is 4.02. The second kappa shape index (κ2) is 4.53. The number of carboxylic acids is 1. The highest BCUT2D eigenvalue weighted by Gasteiger charge is 2.14. The SMILES string of the molecule is NC(CCc1ccc2c(c1)CCO2)C(=O)O. The Balaban J connectivity index is 1.98. The molecule has 0 saturated carbocycles. The van der Waals surface area contributed by atoms with E-state index in [1.54, 1.807) is 0 Å². The van der Waals surface area contributed by atoms with Crippen LogP contribution in [0.4, 0.5) is 0 Å². The Morgan fingerprint density at radius 2 is 2.38 bits per heavy atom. The van der Waals surface area contributed by atoms with Crippen molar-refractivity contribution < 1.29 is 14.6 Å². The van der Waals surface area contributed by atoms with Crippen molar-refractivity contribution in [3.8, 4) is 5.75 Å². The molecule has 0 amide bonds. The van der Waals surface area contributed by atoms with Gasteiger partial charge in [-0.3, -0.25) is 4.79 Å². The largest absolute Gasteiger partial charge is 0.493 e. The molecule has 0 spiro atoms. The van der Waals surface area contributed by atoms with Crippen LogP contribution in [0.2, 0.25) is 0 Å². The van der Waals surface area contributed by atoms with Gasteiger partial charge >= 0.3 is 5.97 Å². The molecule has 1 heterocycles. The first-order chi connectivity index (χ1) is 7.66. The zero-order valence-electron chi connectivity index (χ0n) is 8.98. The van der Waals surface area contributed by atoms with Gasteiger partial charge in [-0.05, 0) is 30.0 Å². The average Bonchev–Trinajstić information content (AvgIpc) is 2.72. The number of carbonyl (C=O) groups is 1. The van der Waals surface area contributed by atoms with Crippen molar-refractivity contribution in [3.63, 3.8) is 0 Å². The predicted molar refractivity (Wildman–Crippen MR) is 59.6 cm³/mol. The zero-order chi connectivity index (χ0) is 11.5. The third-order valence-corrected chi connectivity index (χ3v) is 2.82. The molecule has 0 aromatic heterocycles. The summed E-state index contributed by atoms with van der Waals surface area (Å²) in [5, 5.41) is 8.67. The van der Waals surface area contributed by atoms with Gasteiger partial charge in [-0.25, -0.2) is 0 Å². The van der Waals surface area contributed by atoms with E-state index in [9.17, 15) is 4.79 Å². The van der Waals surface area contributed by atoms with Crippen molar-refractivity contribution in [2.45, 2.75) is 25.3 Å². The zero-order valence-corrected chi connectivity index (χ0v) is 8.98. The van der Waals surface area contributed by atoms with E-state index in [-0.39, 0.29) is 0 Å². The lowest BCUT2D eigenvalue weighted by atomic mass is 10.0. The summed E-state index contributed by atoms with van der Waals surface area (Å²) in [5.74, 6) is 0.00998. The average molecular weight is 221 g/mol. The molecule has 2 rings (SSSR count). The Hall–Kier alpha value is -1.55. The Morgan fingerprint density at radius 3 is 3.12 bits per heavy atom. The molecule has 0 radical (unpaired) electrons. The first-order valence-electron chi connectivity index (χ1n) is 5.40. The maximum Gasteiger partial charge on any atom is 0.320 e. The summed E-state index contributed by atoms with van der Waals surface area (Å²) in [5.41, 5.74) is 7.79. The van der Waals surface area contributed by atoms with Gasteiger partial charge in [0.05, 0.1) is 6.61 Å². The Bertz CT molecular complexity index is 403. The van der Waals surface area contributed by atoms with Crippen LogP contribution in [0.1, 0.15) is 17.5 Å². The molecule has 1 aromatic rings. The molecule has 1 aromatic carbocycles. The number of carboxylic acid groups (broad SMARTS) is 1. The van der Waals surface area contributed by atoms with Crippen LogP contribution in [-0.4, -0.2) is 23.7 Å². The van der Waals surface area contributed by atoms with Gasteiger partial charge in [0.2, 0.25) is 0 Å². The number of benzene rings is 1. The van der Waals surface area contributed by atoms with E-state index in [1.165, 1.54) is 5.56 Å². The van der Waals surface area contributed by atoms with E-state index in [2.05, 4.69) is 6.07 Å². The summed E-state index contributed by atoms with van der Waals surface area (Å²) >= 11 is 0. The minimum absolute atomic E-state index is 0.467. The van der Waals surface area contributed by atoms with Crippen LogP contribution in [0.3, 0.4) is 0 Å². The van der Waals surface area contributed by atoms with Gasteiger partial charge in [-0.2, -0.15) is 0 Å². The number of fused-ring (bicyclic) bond motifs is 1. The summed E-state index contributed by atoms with van der Waals surface area (Å²) < 4.78 is 5.40. The van der Waals surface area contributed by atoms with Crippen LogP contribution in [0.25, 0.3) is 0 Å². The molecule has 16 heavy (non-hydrogen) atoms. The van der Waals surface area contributed by atoms with Crippen molar-refractivity contribution in [2.75, 3.05) is 6.61 Å². The van der Waals surface area contributed by atoms with Crippen molar-refractivity contribution >= 4 is 5.97 Å². The molecule has 86 valence electrons. The van der Waals surface area contributed by atoms with Crippen LogP contribution in [0.5, 0.6) is 5.75 Å². The van der Waals surface area contributed by atoms with E-state index in [1.807, 2.05) is 12.1 Å². The maximum atomic E-state index is 10.6. The Morgan fingerprint density at radius 1 is 1.56 bits per heavy atom. The number of aryl methyl sites for hydroxylation is 1. The van der Waals surface area contributed by atoms with E-state index in [0.717, 1.165) is 24.3 Å². The molecule has 1 aliphatic rings. The highest BCUT2D eigenvalue weighted by Crippen LogP contribution is 2.26. The highest BCUT2D eigenvalue weighted by molar-refractivity contribution is 5.73. The lowest BCUT2D eigenvalue weighted by Gasteiger charge is -2.07. The summed E-state index contributed by atoms with van der Waals surface area (Å²) in [6, 6.07) is 5.23. The molecule has 0 fully saturated rings. The van der Waals surface area contributed by atoms with Gasteiger partial charge in [-0.15, -0.1) is 0 Å². The van der Waals surface area contributed by atoms with Gasteiger partial charge in [0.15, 0.2) is 0 Å². The molecular weight excluding hydrogens is 206 g/mol. The number of nitrogens with two attached hydrogens (primary N) is 1. The number of aliphatic carboxylic acids is 1. The van der Waals surface area contributed by atoms with Gasteiger partial charge in [0, 0.05) is 6.42 Å². The van der Waals surface area contributed by atoms with Crippen molar-refractivity contribution in [3.05, 3.63) is 29.3 Å². The van der Waals surface area contributed by atoms with Crippen molar-refractivity contribution in [2.24, 2.45) is 5.73 Å². The molecule has 1 aliphatic heterocycles. The molecule has 0 bridgehead atoms. The number of hydrogen-bond donors (Lipinski definition) is 2. The quantitative estimate of drug-likeness (QED) is 0.794. The first kappa shape index (κ1) is 11.0. The van der Waals surface area contributed by atoms with Crippen LogP contribution in [0, 0.1) is 0 Å². The number of ether oxygens (including phenoxy) is 1. The first-order valence-corrected chi connectivity index (χ1v) is 5.40. The fourth-order valence-electron chi connectivity index (χ4n) is 1.84.